The Hall–Kier alpha value is -0.720. The predicted molar refractivity (Wildman–Crippen MR) is 71.2 cm³/mol. The van der Waals surface area contributed by atoms with Gasteiger partial charge in [-0.15, -0.1) is 0 Å². The Bertz CT molecular complexity index is 464. The van der Waals surface area contributed by atoms with E-state index in [-0.39, 0.29) is 12.4 Å². The van der Waals surface area contributed by atoms with Crippen LogP contribution in [-0.2, 0) is 0 Å². The van der Waals surface area contributed by atoms with E-state index in [4.69, 9.17) is 4.74 Å². The van der Waals surface area contributed by atoms with Crippen molar-refractivity contribution in [3.05, 3.63) is 28.2 Å². The predicted octanol–water partition coefficient (Wildman–Crippen LogP) is 2.61. The zero-order valence-corrected chi connectivity index (χ0v) is 12.1. The average molecular weight is 336 g/mol. The molecular formula is C13H16BrF2NO2. The quantitative estimate of drug-likeness (QED) is 0.785. The van der Waals surface area contributed by atoms with Gasteiger partial charge in [-0.3, -0.25) is 0 Å². The molecule has 1 aliphatic rings. The summed E-state index contributed by atoms with van der Waals surface area (Å²) in [7, 11) is 0. The van der Waals surface area contributed by atoms with Gasteiger partial charge in [0.1, 0.15) is 12.2 Å². The Morgan fingerprint density at radius 2 is 2.16 bits per heavy atom. The summed E-state index contributed by atoms with van der Waals surface area (Å²) in [4.78, 5) is 0. The van der Waals surface area contributed by atoms with Crippen molar-refractivity contribution in [1.82, 2.24) is 5.32 Å². The SMILES string of the molecule is CC(O)(CNC1CC1)COc1cc(Br)cc(F)c1F. The molecule has 1 aliphatic carbocycles. The summed E-state index contributed by atoms with van der Waals surface area (Å²) in [6.45, 7) is 1.84. The molecule has 1 aromatic carbocycles. The summed E-state index contributed by atoms with van der Waals surface area (Å²) in [6.07, 6.45) is 2.23. The van der Waals surface area contributed by atoms with Crippen LogP contribution in [0.4, 0.5) is 8.78 Å². The molecule has 1 saturated carbocycles. The van der Waals surface area contributed by atoms with Gasteiger partial charge in [0.05, 0.1) is 0 Å². The number of nitrogens with one attached hydrogen (secondary N) is 1. The van der Waals surface area contributed by atoms with Gasteiger partial charge >= 0.3 is 0 Å². The van der Waals surface area contributed by atoms with Crippen molar-refractivity contribution in [3.8, 4) is 5.75 Å². The van der Waals surface area contributed by atoms with Gasteiger partial charge in [0, 0.05) is 17.1 Å². The Kier molecular flexibility index (Phi) is 4.43. The molecule has 19 heavy (non-hydrogen) atoms. The lowest BCUT2D eigenvalue weighted by molar-refractivity contribution is 0.0106. The molecule has 1 aromatic rings. The Labute approximate surface area is 119 Å². The molecule has 0 bridgehead atoms. The maximum atomic E-state index is 13.5. The first kappa shape index (κ1) is 14.7. The number of rotatable bonds is 6. The van der Waals surface area contributed by atoms with E-state index < -0.39 is 17.2 Å². The summed E-state index contributed by atoms with van der Waals surface area (Å²) >= 11 is 3.06. The third-order valence-electron chi connectivity index (χ3n) is 2.85. The van der Waals surface area contributed by atoms with Crippen molar-refractivity contribution in [1.29, 1.82) is 0 Å². The average Bonchev–Trinajstić information content (AvgIpc) is 3.13. The van der Waals surface area contributed by atoms with E-state index in [1.807, 2.05) is 0 Å². The molecule has 106 valence electrons. The molecule has 1 fully saturated rings. The van der Waals surface area contributed by atoms with Crippen LogP contribution in [0.5, 0.6) is 5.75 Å². The monoisotopic (exact) mass is 335 g/mol. The molecule has 0 aliphatic heterocycles. The van der Waals surface area contributed by atoms with E-state index in [1.54, 1.807) is 6.92 Å². The molecule has 1 atom stereocenters. The van der Waals surface area contributed by atoms with Gasteiger partial charge in [0.25, 0.3) is 0 Å². The third kappa shape index (κ3) is 4.40. The number of benzene rings is 1. The van der Waals surface area contributed by atoms with Gasteiger partial charge in [-0.25, -0.2) is 4.39 Å². The highest BCUT2D eigenvalue weighted by Gasteiger charge is 2.27. The molecule has 2 N–H and O–H groups in total. The lowest BCUT2D eigenvalue weighted by atomic mass is 10.1. The van der Waals surface area contributed by atoms with Gasteiger partial charge in [-0.05, 0) is 31.9 Å². The minimum absolute atomic E-state index is 0.112. The zero-order valence-electron chi connectivity index (χ0n) is 10.5. The summed E-state index contributed by atoms with van der Waals surface area (Å²) in [5, 5.41) is 13.2. The van der Waals surface area contributed by atoms with Gasteiger partial charge < -0.3 is 15.2 Å². The number of halogens is 3. The van der Waals surface area contributed by atoms with Gasteiger partial charge in [-0.2, -0.15) is 4.39 Å². The van der Waals surface area contributed by atoms with Crippen molar-refractivity contribution in [2.24, 2.45) is 0 Å². The topological polar surface area (TPSA) is 41.5 Å². The van der Waals surface area contributed by atoms with Crippen LogP contribution < -0.4 is 10.1 Å². The second-order valence-electron chi connectivity index (χ2n) is 5.14. The first-order valence-electron chi connectivity index (χ1n) is 6.10. The van der Waals surface area contributed by atoms with Gasteiger partial charge in [-0.1, -0.05) is 15.9 Å². The third-order valence-corrected chi connectivity index (χ3v) is 3.30. The molecule has 2 rings (SSSR count). The largest absolute Gasteiger partial charge is 0.487 e. The molecule has 1 unspecified atom stereocenters. The molecule has 6 heteroatoms. The molecule has 0 aromatic heterocycles. The number of hydrogen-bond donors (Lipinski definition) is 2. The van der Waals surface area contributed by atoms with Crippen LogP contribution in [0.25, 0.3) is 0 Å². The smallest absolute Gasteiger partial charge is 0.200 e. The van der Waals surface area contributed by atoms with Crippen molar-refractivity contribution < 1.29 is 18.6 Å². The zero-order chi connectivity index (χ0) is 14.0. The lowest BCUT2D eigenvalue weighted by Gasteiger charge is -2.24. The van der Waals surface area contributed by atoms with E-state index in [0.717, 1.165) is 18.9 Å². The second kappa shape index (κ2) is 5.73. The number of hydrogen-bond acceptors (Lipinski definition) is 3. The Morgan fingerprint density at radius 1 is 1.47 bits per heavy atom. The fourth-order valence-electron chi connectivity index (χ4n) is 1.57. The highest BCUT2D eigenvalue weighted by atomic mass is 79.9. The Balaban J connectivity index is 1.93. The normalized spacial score (nSPS) is 18.2. The maximum absolute atomic E-state index is 13.5. The minimum Gasteiger partial charge on any atom is -0.487 e. The molecule has 3 nitrogen and oxygen atoms in total. The van der Waals surface area contributed by atoms with Crippen LogP contribution >= 0.6 is 15.9 Å². The van der Waals surface area contributed by atoms with Crippen molar-refractivity contribution in [2.75, 3.05) is 13.2 Å². The van der Waals surface area contributed by atoms with Crippen molar-refractivity contribution in [2.45, 2.75) is 31.4 Å². The van der Waals surface area contributed by atoms with Crippen LogP contribution in [0.2, 0.25) is 0 Å². The summed E-state index contributed by atoms with van der Waals surface area (Å²) < 4.78 is 32.2. The van der Waals surface area contributed by atoms with Gasteiger partial charge in [0.15, 0.2) is 11.6 Å². The van der Waals surface area contributed by atoms with Crippen molar-refractivity contribution in [3.63, 3.8) is 0 Å². The fraction of sp³-hybridized carbons (Fsp3) is 0.538. The number of ether oxygens (including phenoxy) is 1. The highest BCUT2D eigenvalue weighted by molar-refractivity contribution is 9.10. The first-order valence-corrected chi connectivity index (χ1v) is 6.90. The first-order chi connectivity index (χ1) is 8.87. The van der Waals surface area contributed by atoms with Gasteiger partial charge in [0.2, 0.25) is 5.82 Å². The summed E-state index contributed by atoms with van der Waals surface area (Å²) in [6, 6.07) is 2.82. The van der Waals surface area contributed by atoms with Crippen LogP contribution in [-0.4, -0.2) is 29.9 Å². The van der Waals surface area contributed by atoms with E-state index >= 15 is 0 Å². The minimum atomic E-state index is -1.13. The maximum Gasteiger partial charge on any atom is 0.200 e. The van der Waals surface area contributed by atoms with Crippen LogP contribution in [0.15, 0.2) is 16.6 Å². The highest BCUT2D eigenvalue weighted by Crippen LogP contribution is 2.26. The van der Waals surface area contributed by atoms with E-state index in [2.05, 4.69) is 21.2 Å². The fourth-order valence-corrected chi connectivity index (χ4v) is 1.98. The molecule has 0 amide bonds. The lowest BCUT2D eigenvalue weighted by Crippen LogP contribution is -2.43. The van der Waals surface area contributed by atoms with Crippen molar-refractivity contribution >= 4 is 15.9 Å². The van der Waals surface area contributed by atoms with Crippen LogP contribution in [0, 0.1) is 11.6 Å². The van der Waals surface area contributed by atoms with E-state index in [9.17, 15) is 13.9 Å². The summed E-state index contributed by atoms with van der Waals surface area (Å²) in [5.41, 5.74) is -1.13. The second-order valence-corrected chi connectivity index (χ2v) is 6.06. The molecule has 0 radical (unpaired) electrons. The number of aliphatic hydroxyl groups is 1. The van der Waals surface area contributed by atoms with Crippen LogP contribution in [0.3, 0.4) is 0 Å². The molecule has 0 heterocycles. The standard InChI is InChI=1S/C13H16BrF2NO2/c1-13(18,6-17-9-2-3-9)7-19-11-5-8(14)4-10(15)12(11)16/h4-5,9,17-18H,2-3,6-7H2,1H3. The van der Waals surface area contributed by atoms with Crippen LogP contribution in [0.1, 0.15) is 19.8 Å². The molecule has 0 spiro atoms. The van der Waals surface area contributed by atoms with E-state index in [1.165, 1.54) is 6.07 Å². The molecular weight excluding hydrogens is 320 g/mol. The molecule has 0 saturated heterocycles. The summed E-state index contributed by atoms with van der Waals surface area (Å²) in [5.74, 6) is -2.24. The van der Waals surface area contributed by atoms with E-state index in [0.29, 0.717) is 17.1 Å². The Morgan fingerprint density at radius 3 is 2.79 bits per heavy atom.